The molecule has 7 heterocycles. The molecule has 10 atom stereocenters. The fourth-order valence-corrected chi connectivity index (χ4v) is 11.9. The minimum absolute atomic E-state index is 0.0252. The van der Waals surface area contributed by atoms with Crippen molar-refractivity contribution in [3.8, 4) is 11.5 Å². The number of rotatable bonds is 10. The van der Waals surface area contributed by atoms with E-state index in [9.17, 15) is 18.7 Å². The number of H-pyrrole nitrogens is 1. The number of alkyl halides is 2. The Labute approximate surface area is 371 Å². The fourth-order valence-electron chi connectivity index (χ4n) is 7.29. The number of anilines is 2. The number of fused-ring (bicyclic) bond motifs is 4. The van der Waals surface area contributed by atoms with Gasteiger partial charge < -0.3 is 39.5 Å². The van der Waals surface area contributed by atoms with Gasteiger partial charge in [-0.1, -0.05) is 19.1 Å². The lowest BCUT2D eigenvalue weighted by Gasteiger charge is -2.30. The van der Waals surface area contributed by atoms with Crippen LogP contribution in [0.4, 0.5) is 20.5 Å². The van der Waals surface area contributed by atoms with Gasteiger partial charge in [0.1, 0.15) is 47.8 Å². The summed E-state index contributed by atoms with van der Waals surface area (Å²) in [7, 11) is -3.16. The van der Waals surface area contributed by atoms with Gasteiger partial charge >= 0.3 is 12.8 Å². The second-order valence-corrected chi connectivity index (χ2v) is 21.0. The van der Waals surface area contributed by atoms with Crippen LogP contribution in [0.25, 0.3) is 22.3 Å². The second-order valence-electron chi connectivity index (χ2n) is 15.0. The highest BCUT2D eigenvalue weighted by Gasteiger charge is 2.54. The summed E-state index contributed by atoms with van der Waals surface area (Å²) in [4.78, 5) is 48.1. The van der Waals surface area contributed by atoms with Crippen LogP contribution in [-0.2, 0) is 42.5 Å². The number of nitrogens with zero attached hydrogens (tertiary/aromatic N) is 7. The zero-order valence-corrected chi connectivity index (χ0v) is 36.9. The molecule has 3 saturated heterocycles. The zero-order chi connectivity index (χ0) is 45.6. The number of nitrogen functional groups attached to an aromatic ring is 2. The first kappa shape index (κ1) is 44.9. The molecule has 65 heavy (non-hydrogen) atoms. The van der Waals surface area contributed by atoms with Crippen molar-refractivity contribution in [3.63, 3.8) is 0 Å². The van der Waals surface area contributed by atoms with Gasteiger partial charge in [0.2, 0.25) is 5.95 Å². The number of benzene rings is 2. The molecule has 0 bridgehead atoms. The van der Waals surface area contributed by atoms with Crippen LogP contribution in [0.3, 0.4) is 0 Å². The summed E-state index contributed by atoms with van der Waals surface area (Å²) in [5, 5.41) is 0. The number of aromatic nitrogens is 8. The van der Waals surface area contributed by atoms with Crippen molar-refractivity contribution in [2.75, 3.05) is 31.3 Å². The van der Waals surface area contributed by atoms with Crippen molar-refractivity contribution in [2.45, 2.75) is 68.3 Å². The lowest BCUT2D eigenvalue weighted by molar-refractivity contribution is -0.0546. The first-order chi connectivity index (χ1) is 31.2. The van der Waals surface area contributed by atoms with Crippen molar-refractivity contribution < 1.29 is 59.7 Å². The fraction of sp³-hybridized carbons (Fsp3) is 0.378. The Hall–Kier alpha value is -5.30. The molecular weight excluding hydrogens is 919 g/mol. The molecule has 0 unspecified atom stereocenters. The quantitative estimate of drug-likeness (QED) is 0.0750. The molecule has 5 N–H and O–H groups in total. The highest BCUT2D eigenvalue weighted by molar-refractivity contribution is 8.54. The van der Waals surface area contributed by atoms with E-state index >= 15 is 8.78 Å². The molecule has 0 aliphatic carbocycles. The van der Waals surface area contributed by atoms with E-state index in [1.54, 1.807) is 36.4 Å². The average Bonchev–Trinajstić information content (AvgIpc) is 4.05. The molecule has 9 rings (SSSR count). The number of nitrogens with two attached hydrogens (primary N) is 2. The van der Waals surface area contributed by atoms with E-state index in [2.05, 4.69) is 29.9 Å². The van der Waals surface area contributed by atoms with Gasteiger partial charge in [0.15, 0.2) is 47.4 Å². The molecular formula is C37H39BF2N10O12P2S. The largest absolute Gasteiger partial charge is 0.494 e. The number of nitrogens with one attached hydrogen (secondary N) is 1. The van der Waals surface area contributed by atoms with Gasteiger partial charge in [0.25, 0.3) is 20.6 Å². The van der Waals surface area contributed by atoms with E-state index in [4.69, 9.17) is 48.5 Å². The average molecular weight is 959 g/mol. The van der Waals surface area contributed by atoms with Crippen LogP contribution in [0.1, 0.15) is 41.7 Å². The Kier molecular flexibility index (Phi) is 12.6. The summed E-state index contributed by atoms with van der Waals surface area (Å²) in [5.41, 5.74) is 11.9. The van der Waals surface area contributed by atoms with Gasteiger partial charge in [-0.05, 0) is 59.8 Å². The van der Waals surface area contributed by atoms with Gasteiger partial charge in [-0.15, -0.1) is 0 Å². The van der Waals surface area contributed by atoms with E-state index in [-0.39, 0.29) is 45.6 Å². The van der Waals surface area contributed by atoms with Crippen LogP contribution in [0, 0.1) is 0 Å². The van der Waals surface area contributed by atoms with Crippen LogP contribution in [-0.4, -0.2) is 109 Å². The minimum atomic E-state index is -4.56. The Bertz CT molecular complexity index is 2880. The number of carbonyl (C=O) groups is 1. The van der Waals surface area contributed by atoms with Gasteiger partial charge in [-0.3, -0.25) is 32.5 Å². The Morgan fingerprint density at radius 1 is 0.877 bits per heavy atom. The highest BCUT2D eigenvalue weighted by atomic mass is 32.7. The van der Waals surface area contributed by atoms with Crippen molar-refractivity contribution >= 4 is 73.3 Å². The van der Waals surface area contributed by atoms with Gasteiger partial charge in [-0.25, -0.2) is 38.1 Å². The number of halogens is 2. The smallest absolute Gasteiger partial charge is 0.389 e. The number of hydrogen-bond donors (Lipinski definition) is 3. The minimum Gasteiger partial charge on any atom is -0.494 e. The second kappa shape index (κ2) is 18.2. The number of carbonyl (C=O) groups excluding carboxylic acids is 1. The maximum atomic E-state index is 16.9. The lowest BCUT2D eigenvalue weighted by Crippen LogP contribution is -2.37. The topological polar surface area (TPSA) is 284 Å². The summed E-state index contributed by atoms with van der Waals surface area (Å²) >= 11 is 0.669. The van der Waals surface area contributed by atoms with Crippen molar-refractivity contribution in [3.05, 3.63) is 89.0 Å². The molecule has 0 spiro atoms. The van der Waals surface area contributed by atoms with Crippen molar-refractivity contribution in [1.29, 1.82) is 0 Å². The predicted molar refractivity (Wildman–Crippen MR) is 230 cm³/mol. The SMILES string of the molecule is B[P@@]1(=O)OC[C@H]2O[C@@H](n3cnc4c(N)ncnc43)[C@H](F)[C@@H]2O[P@](=O)(SCc2ccc(OC(=O)c3ccc(OCCC)cc3)cc2)OC[C@H]2O[C@@H](n3cnc4c(=O)[nH]c(N)nc43)[C@H](F)[C@@H]2O1. The number of aromatic amines is 1. The lowest BCUT2D eigenvalue weighted by atomic mass is 10.1. The number of hydrogen-bond acceptors (Lipinski definition) is 20. The van der Waals surface area contributed by atoms with E-state index in [0.717, 1.165) is 31.2 Å². The molecule has 0 saturated carbocycles. The zero-order valence-electron chi connectivity index (χ0n) is 34.2. The van der Waals surface area contributed by atoms with E-state index in [1.165, 1.54) is 23.0 Å². The maximum absolute atomic E-state index is 16.9. The molecule has 3 fully saturated rings. The van der Waals surface area contributed by atoms with Crippen LogP contribution >= 0.6 is 25.7 Å². The third kappa shape index (κ3) is 9.27. The molecule has 22 nitrogen and oxygen atoms in total. The molecule has 4 aromatic heterocycles. The summed E-state index contributed by atoms with van der Waals surface area (Å²) in [6.45, 7) is -3.41. The molecule has 3 aliphatic rings. The number of ether oxygens (including phenoxy) is 4. The van der Waals surface area contributed by atoms with Crippen LogP contribution in [0.15, 0.2) is 72.3 Å². The van der Waals surface area contributed by atoms with Crippen LogP contribution in [0.2, 0.25) is 0 Å². The Morgan fingerprint density at radius 2 is 1.51 bits per heavy atom. The Morgan fingerprint density at radius 3 is 2.20 bits per heavy atom. The first-order valence-corrected chi connectivity index (χ1v) is 25.1. The molecule has 28 heteroatoms. The van der Waals surface area contributed by atoms with Gasteiger partial charge in [0.05, 0.1) is 38.0 Å². The Balaban J connectivity index is 0.981. The highest BCUT2D eigenvalue weighted by Crippen LogP contribution is 2.65. The van der Waals surface area contributed by atoms with Crippen LogP contribution in [0.5, 0.6) is 11.5 Å². The normalized spacial score (nSPS) is 29.5. The van der Waals surface area contributed by atoms with E-state index in [1.807, 2.05) is 6.92 Å². The first-order valence-electron chi connectivity index (χ1n) is 20.0. The number of esters is 1. The summed E-state index contributed by atoms with van der Waals surface area (Å²) in [5.74, 6) is -0.0765. The molecule has 0 radical (unpaired) electrons. The monoisotopic (exact) mass is 958 g/mol. The molecule has 342 valence electrons. The van der Waals surface area contributed by atoms with Crippen molar-refractivity contribution in [2.24, 2.45) is 0 Å². The molecule has 2 aromatic carbocycles. The molecule has 3 aliphatic heterocycles. The van der Waals surface area contributed by atoms with E-state index in [0.29, 0.717) is 34.9 Å². The summed E-state index contributed by atoms with van der Waals surface area (Å²) in [6.07, 6.45) is -9.26. The number of imidazole rings is 2. The van der Waals surface area contributed by atoms with Crippen LogP contribution < -0.4 is 26.5 Å². The summed E-state index contributed by atoms with van der Waals surface area (Å²) < 4.78 is 112. The predicted octanol–water partition coefficient (Wildman–Crippen LogP) is 4.20. The third-order valence-corrected chi connectivity index (χ3v) is 15.3. The van der Waals surface area contributed by atoms with Crippen molar-refractivity contribution in [1.82, 2.24) is 39.0 Å². The maximum Gasteiger partial charge on any atom is 0.389 e. The van der Waals surface area contributed by atoms with Gasteiger partial charge in [0, 0.05) is 5.75 Å². The van der Waals surface area contributed by atoms with E-state index < -0.39 is 88.2 Å². The third-order valence-electron chi connectivity index (χ3n) is 10.4. The molecule has 0 amide bonds. The van der Waals surface area contributed by atoms with Gasteiger partial charge in [-0.2, -0.15) is 4.98 Å². The summed E-state index contributed by atoms with van der Waals surface area (Å²) in [6, 6.07) is 12.8. The molecule has 6 aromatic rings. The standard InChI is InChI=1S/C37H39BF2N10O12P2S/c1-2-11-55-20-9-5-19(6-10-20)36(52)58-21-7-3-18(4-8-21)14-65-64(54)57-13-23-28(24(39)35(60-23)50-17-46-27-32(50)47-37(42)48-33(27)51)61-63(38,53)56-12-22-29(62-64)25(40)34(59-22)49-16-45-26-30(41)43-15-44-31(26)49/h3-10,15-17,22-25,28-29,34-35H,2,11-14,38H2,1H3,(H2,41,43,44)(H3,42,47,48,51)/t22-,23-,24-,25-,28-,29-,34-,35-,63-,64-/m1/s1.